The Balaban J connectivity index is 3.25. The van der Waals surface area contributed by atoms with Crippen LogP contribution in [0.1, 0.15) is 0 Å². The molecule has 1 rings (SSSR count). The van der Waals surface area contributed by atoms with Crippen LogP contribution in [0.3, 0.4) is 0 Å². The summed E-state index contributed by atoms with van der Waals surface area (Å²) in [4.78, 5) is 3.79. The number of hydrogen-bond donors (Lipinski definition) is 1. The molecule has 0 bridgehead atoms. The minimum Gasteiger partial charge on any atom is -0.480 e. The number of nitrogens with zero attached hydrogens (tertiary/aromatic N) is 1. The second kappa shape index (κ2) is 3.15. The minimum absolute atomic E-state index is 0.245. The van der Waals surface area contributed by atoms with Crippen molar-refractivity contribution in [3.05, 3.63) is 16.2 Å². The molecule has 0 amide bonds. The molecule has 11 heavy (non-hydrogen) atoms. The molecule has 0 radical (unpaired) electrons. The van der Waals surface area contributed by atoms with Crippen LogP contribution in [0.4, 0.5) is 5.69 Å². The normalized spacial score (nSPS) is 9.73. The fourth-order valence-electron chi connectivity index (χ4n) is 0.604. The Hall–Kier alpha value is -0.670. The minimum atomic E-state index is 0.245. The summed E-state index contributed by atoms with van der Waals surface area (Å²) >= 11 is 11.4. The summed E-state index contributed by atoms with van der Waals surface area (Å²) in [6.07, 6.45) is 1.40. The van der Waals surface area contributed by atoms with Gasteiger partial charge >= 0.3 is 0 Å². The number of nitrogens with two attached hydrogens (primary N) is 1. The maximum atomic E-state index is 5.70. The molecule has 0 spiro atoms. The van der Waals surface area contributed by atoms with Crippen LogP contribution < -0.4 is 10.5 Å². The zero-order valence-electron chi connectivity index (χ0n) is 5.77. The topological polar surface area (TPSA) is 48.1 Å². The van der Waals surface area contributed by atoms with Crippen LogP contribution in [-0.4, -0.2) is 12.1 Å². The number of hydrogen-bond acceptors (Lipinski definition) is 3. The van der Waals surface area contributed by atoms with Gasteiger partial charge in [-0.2, -0.15) is 0 Å². The average Bonchev–Trinajstić information content (AvgIpc) is 2.01. The van der Waals surface area contributed by atoms with E-state index in [1.54, 1.807) is 0 Å². The van der Waals surface area contributed by atoms with E-state index in [-0.39, 0.29) is 15.9 Å². The molecule has 0 saturated carbocycles. The van der Waals surface area contributed by atoms with Crippen LogP contribution in [0.2, 0.25) is 10.0 Å². The lowest BCUT2D eigenvalue weighted by molar-refractivity contribution is 0.398. The van der Waals surface area contributed by atoms with E-state index in [2.05, 4.69) is 4.98 Å². The Morgan fingerprint density at radius 3 is 2.64 bits per heavy atom. The van der Waals surface area contributed by atoms with Gasteiger partial charge in [0.05, 0.1) is 24.0 Å². The quantitative estimate of drug-likeness (QED) is 0.741. The van der Waals surface area contributed by atoms with Gasteiger partial charge < -0.3 is 10.5 Å². The molecule has 0 fully saturated rings. The number of halogens is 2. The van der Waals surface area contributed by atoms with E-state index in [0.29, 0.717) is 5.69 Å². The Morgan fingerprint density at radius 1 is 1.45 bits per heavy atom. The van der Waals surface area contributed by atoms with Gasteiger partial charge in [-0.25, -0.2) is 4.98 Å². The molecule has 0 aromatic carbocycles. The SMILES string of the molecule is COc1ncc(N)c(Cl)c1Cl. The van der Waals surface area contributed by atoms with Crippen molar-refractivity contribution in [2.45, 2.75) is 0 Å². The van der Waals surface area contributed by atoms with Crippen LogP contribution in [0, 0.1) is 0 Å². The number of nitrogen functional groups attached to an aromatic ring is 1. The summed E-state index contributed by atoms with van der Waals surface area (Å²) in [5.41, 5.74) is 5.75. The van der Waals surface area contributed by atoms with Crippen LogP contribution in [0.5, 0.6) is 5.88 Å². The number of aromatic nitrogens is 1. The number of pyridine rings is 1. The standard InChI is InChI=1S/C6H6Cl2N2O/c1-11-6-5(8)4(7)3(9)2-10-6/h2H,9H2,1H3. The highest BCUT2D eigenvalue weighted by molar-refractivity contribution is 6.44. The molecular formula is C6H6Cl2N2O. The molecule has 0 saturated heterocycles. The van der Waals surface area contributed by atoms with Crippen molar-refractivity contribution in [3.8, 4) is 5.88 Å². The van der Waals surface area contributed by atoms with Crippen LogP contribution in [-0.2, 0) is 0 Å². The van der Waals surface area contributed by atoms with Crippen molar-refractivity contribution in [1.29, 1.82) is 0 Å². The molecule has 2 N–H and O–H groups in total. The number of methoxy groups -OCH3 is 1. The largest absolute Gasteiger partial charge is 0.480 e. The third kappa shape index (κ3) is 1.49. The van der Waals surface area contributed by atoms with E-state index < -0.39 is 0 Å². The Labute approximate surface area is 74.1 Å². The molecule has 0 aliphatic rings. The highest BCUT2D eigenvalue weighted by Gasteiger charge is 2.08. The molecule has 1 aromatic heterocycles. The Morgan fingerprint density at radius 2 is 2.09 bits per heavy atom. The van der Waals surface area contributed by atoms with Gasteiger partial charge in [0, 0.05) is 0 Å². The molecule has 0 unspecified atom stereocenters. The highest BCUT2D eigenvalue weighted by Crippen LogP contribution is 2.33. The first kappa shape index (κ1) is 8.43. The lowest BCUT2D eigenvalue weighted by Gasteiger charge is -2.03. The molecule has 0 aliphatic carbocycles. The van der Waals surface area contributed by atoms with E-state index >= 15 is 0 Å². The number of anilines is 1. The number of ether oxygens (including phenoxy) is 1. The molecule has 3 nitrogen and oxygen atoms in total. The van der Waals surface area contributed by atoms with Gasteiger partial charge in [0.2, 0.25) is 5.88 Å². The van der Waals surface area contributed by atoms with Crippen LogP contribution in [0.15, 0.2) is 6.20 Å². The fraction of sp³-hybridized carbons (Fsp3) is 0.167. The summed E-state index contributed by atoms with van der Waals surface area (Å²) in [6.45, 7) is 0. The summed E-state index contributed by atoms with van der Waals surface area (Å²) in [6, 6.07) is 0. The molecule has 60 valence electrons. The van der Waals surface area contributed by atoms with E-state index in [0.717, 1.165) is 0 Å². The predicted molar refractivity (Wildman–Crippen MR) is 45.2 cm³/mol. The van der Waals surface area contributed by atoms with Crippen LogP contribution in [0.25, 0.3) is 0 Å². The van der Waals surface area contributed by atoms with Gasteiger partial charge in [-0.15, -0.1) is 0 Å². The maximum absolute atomic E-state index is 5.70. The second-order valence-corrected chi connectivity index (χ2v) is 2.61. The van der Waals surface area contributed by atoms with Gasteiger partial charge in [-0.1, -0.05) is 23.2 Å². The predicted octanol–water partition coefficient (Wildman–Crippen LogP) is 1.98. The summed E-state index contributed by atoms with van der Waals surface area (Å²) in [7, 11) is 1.46. The summed E-state index contributed by atoms with van der Waals surface area (Å²) in [5, 5.41) is 0.521. The molecule has 0 aliphatic heterocycles. The smallest absolute Gasteiger partial charge is 0.233 e. The summed E-state index contributed by atoms with van der Waals surface area (Å²) < 4.78 is 4.80. The lowest BCUT2D eigenvalue weighted by Crippen LogP contribution is -1.93. The van der Waals surface area contributed by atoms with Crippen molar-refractivity contribution in [1.82, 2.24) is 4.98 Å². The molecule has 5 heteroatoms. The number of rotatable bonds is 1. The third-order valence-corrected chi connectivity index (χ3v) is 2.00. The molecule has 1 aromatic rings. The fourth-order valence-corrected chi connectivity index (χ4v) is 0.969. The maximum Gasteiger partial charge on any atom is 0.233 e. The monoisotopic (exact) mass is 192 g/mol. The van der Waals surface area contributed by atoms with Gasteiger partial charge in [0.25, 0.3) is 0 Å². The van der Waals surface area contributed by atoms with Crippen molar-refractivity contribution in [2.75, 3.05) is 12.8 Å². The average molecular weight is 193 g/mol. The van der Waals surface area contributed by atoms with Crippen LogP contribution >= 0.6 is 23.2 Å². The highest BCUT2D eigenvalue weighted by atomic mass is 35.5. The van der Waals surface area contributed by atoms with E-state index in [4.69, 9.17) is 33.7 Å². The molecule has 1 heterocycles. The van der Waals surface area contributed by atoms with Gasteiger partial charge in [-0.05, 0) is 0 Å². The van der Waals surface area contributed by atoms with E-state index in [1.165, 1.54) is 13.3 Å². The molecular weight excluding hydrogens is 187 g/mol. The lowest BCUT2D eigenvalue weighted by atomic mass is 10.4. The Bertz CT molecular complexity index is 278. The van der Waals surface area contributed by atoms with Gasteiger partial charge in [0.1, 0.15) is 5.02 Å². The summed E-state index contributed by atoms with van der Waals surface area (Å²) in [5.74, 6) is 0.283. The van der Waals surface area contributed by atoms with Crippen molar-refractivity contribution in [2.24, 2.45) is 0 Å². The van der Waals surface area contributed by atoms with Crippen molar-refractivity contribution >= 4 is 28.9 Å². The van der Waals surface area contributed by atoms with Gasteiger partial charge in [0.15, 0.2) is 0 Å². The van der Waals surface area contributed by atoms with E-state index in [9.17, 15) is 0 Å². The van der Waals surface area contributed by atoms with Crippen molar-refractivity contribution < 1.29 is 4.74 Å². The molecule has 0 atom stereocenters. The Kier molecular flexibility index (Phi) is 2.42. The second-order valence-electron chi connectivity index (χ2n) is 1.85. The third-order valence-electron chi connectivity index (χ3n) is 1.15. The zero-order chi connectivity index (χ0) is 8.43. The van der Waals surface area contributed by atoms with Crippen molar-refractivity contribution in [3.63, 3.8) is 0 Å². The van der Waals surface area contributed by atoms with Gasteiger partial charge in [-0.3, -0.25) is 0 Å². The zero-order valence-corrected chi connectivity index (χ0v) is 7.28. The first-order valence-electron chi connectivity index (χ1n) is 2.80. The first-order valence-corrected chi connectivity index (χ1v) is 3.56. The van der Waals surface area contributed by atoms with E-state index in [1.807, 2.05) is 0 Å². The first-order chi connectivity index (χ1) is 5.16.